The maximum absolute atomic E-state index is 12.5. The molecule has 0 atom stereocenters. The fourth-order valence-electron chi connectivity index (χ4n) is 2.85. The maximum atomic E-state index is 12.5. The molecule has 0 bridgehead atoms. The van der Waals surface area contributed by atoms with E-state index >= 15 is 0 Å². The van der Waals surface area contributed by atoms with E-state index < -0.39 is 16.7 Å². The number of allylic oxidation sites excluding steroid dienone is 5. The molecule has 144 valence electrons. The monoisotopic (exact) mass is 377 g/mol. The van der Waals surface area contributed by atoms with Gasteiger partial charge in [0.05, 0.1) is 5.70 Å². The summed E-state index contributed by atoms with van der Waals surface area (Å²) in [5.74, 6) is -1.16. The summed E-state index contributed by atoms with van der Waals surface area (Å²) in [6, 6.07) is 7.18. The zero-order valence-electron chi connectivity index (χ0n) is 15.8. The lowest BCUT2D eigenvalue weighted by molar-refractivity contribution is -0.111. The molecule has 0 fully saturated rings. The normalized spacial score (nSPS) is 19.6. The first-order valence-electron chi connectivity index (χ1n) is 8.85. The number of hydrogen-bond donors (Lipinski definition) is 0. The first kappa shape index (κ1) is 19.6. The van der Waals surface area contributed by atoms with Crippen LogP contribution in [0, 0.1) is 15.8 Å². The Morgan fingerprint density at radius 2 is 1.75 bits per heavy atom. The van der Waals surface area contributed by atoms with Crippen LogP contribution in [0.2, 0.25) is 0 Å². The minimum atomic E-state index is -0.822. The number of ketones is 2. The van der Waals surface area contributed by atoms with E-state index in [2.05, 4.69) is 10.2 Å². The van der Waals surface area contributed by atoms with E-state index in [1.165, 1.54) is 18.2 Å². The summed E-state index contributed by atoms with van der Waals surface area (Å²) in [6.07, 6.45) is 6.59. The van der Waals surface area contributed by atoms with Gasteiger partial charge in [0.1, 0.15) is 11.4 Å². The van der Waals surface area contributed by atoms with E-state index in [4.69, 9.17) is 0 Å². The summed E-state index contributed by atoms with van der Waals surface area (Å²) in [4.78, 5) is 24.7. The minimum absolute atomic E-state index is 0.0975. The Kier molecular flexibility index (Phi) is 5.22. The van der Waals surface area contributed by atoms with Gasteiger partial charge in [-0.2, -0.15) is 0 Å². The number of benzene rings is 1. The topological polar surface area (TPSA) is 108 Å². The smallest absolute Gasteiger partial charge is 0.227 e. The Hall–Kier alpha value is -3.16. The summed E-state index contributed by atoms with van der Waals surface area (Å²) in [6.45, 7) is 5.81. The Morgan fingerprint density at radius 3 is 2.43 bits per heavy atom. The lowest BCUT2D eigenvalue weighted by atomic mass is 9.78. The Morgan fingerprint density at radius 1 is 1.04 bits per heavy atom. The first-order valence-corrected chi connectivity index (χ1v) is 8.85. The molecule has 0 saturated heterocycles. The van der Waals surface area contributed by atoms with Crippen LogP contribution in [-0.2, 0) is 9.59 Å². The van der Waals surface area contributed by atoms with Crippen molar-refractivity contribution in [2.24, 2.45) is 15.6 Å². The van der Waals surface area contributed by atoms with Crippen LogP contribution in [0.3, 0.4) is 0 Å². The highest BCUT2D eigenvalue weighted by Gasteiger charge is 2.28. The number of Topliss-reactive ketones (excluding diaryl/α,β-unsaturated/α-hetero) is 1. The fourth-order valence-corrected chi connectivity index (χ4v) is 2.85. The maximum Gasteiger partial charge on any atom is 0.227 e. The second-order valence-electron chi connectivity index (χ2n) is 7.17. The third-order valence-corrected chi connectivity index (χ3v) is 5.03. The molecule has 1 aromatic carbocycles. The van der Waals surface area contributed by atoms with Gasteiger partial charge >= 0.3 is 0 Å². The molecule has 0 saturated carbocycles. The van der Waals surface area contributed by atoms with Crippen LogP contribution in [0.15, 0.2) is 64.0 Å². The molecule has 7 nitrogen and oxygen atoms in total. The summed E-state index contributed by atoms with van der Waals surface area (Å²) in [5, 5.41) is 29.9. The van der Waals surface area contributed by atoms with E-state index in [9.17, 15) is 20.0 Å². The average molecular weight is 377 g/mol. The van der Waals surface area contributed by atoms with Crippen molar-refractivity contribution in [1.29, 1.82) is 0 Å². The van der Waals surface area contributed by atoms with Crippen molar-refractivity contribution in [3.8, 4) is 0 Å². The predicted octanol–water partition coefficient (Wildman–Crippen LogP) is 3.55. The van der Waals surface area contributed by atoms with Crippen LogP contribution >= 0.6 is 0 Å². The molecular formula is C21H19N3O4-2. The highest BCUT2D eigenvalue weighted by molar-refractivity contribution is 6.53. The second-order valence-corrected chi connectivity index (χ2v) is 7.17. The van der Waals surface area contributed by atoms with Crippen molar-refractivity contribution in [1.82, 2.24) is 5.23 Å². The van der Waals surface area contributed by atoms with Gasteiger partial charge in [0.25, 0.3) is 0 Å². The third-order valence-electron chi connectivity index (χ3n) is 5.03. The van der Waals surface area contributed by atoms with Crippen molar-refractivity contribution in [3.63, 3.8) is 0 Å². The molecule has 28 heavy (non-hydrogen) atoms. The van der Waals surface area contributed by atoms with Crippen molar-refractivity contribution >= 4 is 29.1 Å². The SMILES string of the molecule is CCC(C)(C)C1=CC(=NN=C2C(=O)C=Cc3ccccc32)C(=O)C(N([O-])[O-])=C1. The summed E-state index contributed by atoms with van der Waals surface area (Å²) >= 11 is 0. The van der Waals surface area contributed by atoms with E-state index in [0.717, 1.165) is 5.56 Å². The second kappa shape index (κ2) is 7.46. The van der Waals surface area contributed by atoms with Crippen LogP contribution < -0.4 is 0 Å². The quantitative estimate of drug-likeness (QED) is 0.589. The average Bonchev–Trinajstić information content (AvgIpc) is 2.67. The predicted molar refractivity (Wildman–Crippen MR) is 108 cm³/mol. The molecule has 2 aliphatic rings. The fraction of sp³-hybridized carbons (Fsp3) is 0.238. The third kappa shape index (κ3) is 3.62. The van der Waals surface area contributed by atoms with E-state index in [0.29, 0.717) is 17.6 Å². The highest BCUT2D eigenvalue weighted by atomic mass is 16.8. The number of carbonyl (C=O) groups excluding carboxylic acids is 2. The molecule has 0 amide bonds. The molecule has 0 radical (unpaired) electrons. The van der Waals surface area contributed by atoms with Crippen LogP contribution in [-0.4, -0.2) is 28.2 Å². The molecule has 7 heteroatoms. The van der Waals surface area contributed by atoms with Crippen molar-refractivity contribution in [2.45, 2.75) is 27.2 Å². The molecule has 0 N–H and O–H groups in total. The molecule has 0 aliphatic heterocycles. The van der Waals surface area contributed by atoms with Gasteiger partial charge < -0.3 is 15.6 Å². The number of nitrogens with zero attached hydrogens (tertiary/aromatic N) is 3. The van der Waals surface area contributed by atoms with Crippen molar-refractivity contribution in [3.05, 3.63) is 75.3 Å². The van der Waals surface area contributed by atoms with Crippen molar-refractivity contribution in [2.75, 3.05) is 0 Å². The van der Waals surface area contributed by atoms with Gasteiger partial charge in [-0.05, 0) is 41.2 Å². The molecule has 2 aliphatic carbocycles. The van der Waals surface area contributed by atoms with Gasteiger partial charge in [0.2, 0.25) is 11.6 Å². The number of hydroxylamine groups is 2. The summed E-state index contributed by atoms with van der Waals surface area (Å²) < 4.78 is 0. The molecule has 1 aromatic rings. The van der Waals surface area contributed by atoms with Gasteiger partial charge in [-0.15, -0.1) is 10.2 Å². The molecule has 0 heterocycles. The standard InChI is InChI=1S/C21H19N3O4/c1-4-21(2,3)14-11-16(20(26)17(12-14)24(27)28)22-23-19-15-8-6-5-7-13(15)9-10-18(19)25/h5-12H,4H2,1-3H3/q-2. The molecule has 0 spiro atoms. The highest BCUT2D eigenvalue weighted by Crippen LogP contribution is 2.34. The number of hydrogen-bond acceptors (Lipinski definition) is 7. The summed E-state index contributed by atoms with van der Waals surface area (Å²) in [5.41, 5.74) is 1.05. The van der Waals surface area contributed by atoms with Gasteiger partial charge in [-0.1, -0.05) is 51.1 Å². The van der Waals surface area contributed by atoms with Crippen LogP contribution in [0.5, 0.6) is 0 Å². The van der Waals surface area contributed by atoms with Gasteiger partial charge in [0, 0.05) is 5.56 Å². The zero-order chi connectivity index (χ0) is 20.5. The van der Waals surface area contributed by atoms with E-state index in [1.54, 1.807) is 18.2 Å². The lowest BCUT2D eigenvalue weighted by Gasteiger charge is -2.41. The van der Waals surface area contributed by atoms with Crippen LogP contribution in [0.4, 0.5) is 0 Å². The Bertz CT molecular complexity index is 995. The minimum Gasteiger partial charge on any atom is -0.769 e. The number of carbonyl (C=O) groups is 2. The Balaban J connectivity index is 2.09. The number of rotatable bonds is 4. The van der Waals surface area contributed by atoms with Crippen LogP contribution in [0.1, 0.15) is 38.3 Å². The van der Waals surface area contributed by atoms with Gasteiger partial charge in [-0.25, -0.2) is 0 Å². The lowest BCUT2D eigenvalue weighted by Crippen LogP contribution is -2.29. The van der Waals surface area contributed by atoms with Gasteiger partial charge in [-0.3, -0.25) is 9.59 Å². The summed E-state index contributed by atoms with van der Waals surface area (Å²) in [7, 11) is 0. The molecule has 0 unspecified atom stereocenters. The van der Waals surface area contributed by atoms with Gasteiger partial charge in [0.15, 0.2) is 0 Å². The zero-order valence-corrected chi connectivity index (χ0v) is 15.8. The largest absolute Gasteiger partial charge is 0.769 e. The Labute approximate surface area is 162 Å². The molecular weight excluding hydrogens is 358 g/mol. The molecule has 0 aromatic heterocycles. The number of fused-ring (bicyclic) bond motifs is 1. The first-order chi connectivity index (χ1) is 13.2. The van der Waals surface area contributed by atoms with Crippen LogP contribution in [0.25, 0.3) is 6.08 Å². The van der Waals surface area contributed by atoms with E-state index in [1.807, 2.05) is 32.9 Å². The van der Waals surface area contributed by atoms with E-state index in [-0.39, 0.29) is 22.6 Å². The molecule has 3 rings (SSSR count). The van der Waals surface area contributed by atoms with Crippen molar-refractivity contribution < 1.29 is 9.59 Å².